The molecule has 0 aliphatic heterocycles. The van der Waals surface area contributed by atoms with Crippen molar-refractivity contribution in [2.75, 3.05) is 7.05 Å². The molecule has 3 heteroatoms. The lowest BCUT2D eigenvalue weighted by atomic mass is 9.84. The van der Waals surface area contributed by atoms with Crippen LogP contribution >= 0.6 is 0 Å². The Hall–Kier alpha value is -1.35. The Morgan fingerprint density at radius 3 is 2.45 bits per heavy atom. The van der Waals surface area contributed by atoms with E-state index in [0.717, 1.165) is 18.0 Å². The molecule has 2 rings (SSSR count). The lowest BCUT2D eigenvalue weighted by molar-refractivity contribution is 0.0963. The maximum Gasteiger partial charge on any atom is 0.251 e. The Morgan fingerprint density at radius 1 is 1.20 bits per heavy atom. The van der Waals surface area contributed by atoms with Gasteiger partial charge in [0.15, 0.2) is 0 Å². The summed E-state index contributed by atoms with van der Waals surface area (Å²) in [4.78, 5) is 11.5. The van der Waals surface area contributed by atoms with Gasteiger partial charge in [0.25, 0.3) is 5.91 Å². The van der Waals surface area contributed by atoms with Crippen molar-refractivity contribution in [3.8, 4) is 0 Å². The number of rotatable bonds is 5. The SMILES string of the molecule is CNC(=O)c1ccc(CN[C@H](C)C2CCCCC2)cc1. The van der Waals surface area contributed by atoms with Crippen molar-refractivity contribution in [1.29, 1.82) is 0 Å². The molecule has 1 aliphatic rings. The minimum absolute atomic E-state index is 0.0277. The number of nitrogens with one attached hydrogen (secondary N) is 2. The average Bonchev–Trinajstić information content (AvgIpc) is 2.53. The molecular formula is C17H26N2O. The molecule has 2 N–H and O–H groups in total. The van der Waals surface area contributed by atoms with Gasteiger partial charge in [0.2, 0.25) is 0 Å². The van der Waals surface area contributed by atoms with Gasteiger partial charge in [-0.3, -0.25) is 4.79 Å². The average molecular weight is 274 g/mol. The fourth-order valence-corrected chi connectivity index (χ4v) is 3.00. The zero-order valence-electron chi connectivity index (χ0n) is 12.6. The molecule has 1 aromatic rings. The number of carbonyl (C=O) groups excluding carboxylic acids is 1. The third-order valence-corrected chi connectivity index (χ3v) is 4.43. The predicted molar refractivity (Wildman–Crippen MR) is 82.7 cm³/mol. The third-order valence-electron chi connectivity index (χ3n) is 4.43. The first kappa shape index (κ1) is 15.0. The van der Waals surface area contributed by atoms with Gasteiger partial charge >= 0.3 is 0 Å². The van der Waals surface area contributed by atoms with Crippen LogP contribution in [0.15, 0.2) is 24.3 Å². The Morgan fingerprint density at radius 2 is 1.85 bits per heavy atom. The molecule has 1 saturated carbocycles. The van der Waals surface area contributed by atoms with Crippen molar-refractivity contribution >= 4 is 5.91 Å². The largest absolute Gasteiger partial charge is 0.355 e. The Labute approximate surface area is 122 Å². The van der Waals surface area contributed by atoms with E-state index in [-0.39, 0.29) is 5.91 Å². The highest BCUT2D eigenvalue weighted by Crippen LogP contribution is 2.26. The van der Waals surface area contributed by atoms with E-state index in [2.05, 4.69) is 17.6 Å². The minimum atomic E-state index is -0.0277. The number of benzene rings is 1. The summed E-state index contributed by atoms with van der Waals surface area (Å²) in [6.45, 7) is 3.18. The zero-order chi connectivity index (χ0) is 14.4. The van der Waals surface area contributed by atoms with Crippen LogP contribution in [0.1, 0.15) is 54.9 Å². The standard InChI is InChI=1S/C17H26N2O/c1-13(15-6-4-3-5-7-15)19-12-14-8-10-16(11-9-14)17(20)18-2/h8-11,13,15,19H,3-7,12H2,1-2H3,(H,18,20)/t13-/m1/s1. The summed E-state index contributed by atoms with van der Waals surface area (Å²) in [7, 11) is 1.66. The number of amides is 1. The summed E-state index contributed by atoms with van der Waals surface area (Å²) < 4.78 is 0. The van der Waals surface area contributed by atoms with E-state index in [4.69, 9.17) is 0 Å². The maximum atomic E-state index is 11.5. The monoisotopic (exact) mass is 274 g/mol. The second-order valence-corrected chi connectivity index (χ2v) is 5.84. The molecule has 1 aliphatic carbocycles. The first-order valence-corrected chi connectivity index (χ1v) is 7.75. The van der Waals surface area contributed by atoms with Crippen LogP contribution in [0.25, 0.3) is 0 Å². The summed E-state index contributed by atoms with van der Waals surface area (Å²) in [5, 5.41) is 6.27. The molecule has 0 spiro atoms. The van der Waals surface area contributed by atoms with E-state index in [1.165, 1.54) is 37.7 Å². The molecule has 0 saturated heterocycles. The number of hydrogen-bond donors (Lipinski definition) is 2. The van der Waals surface area contributed by atoms with Crippen LogP contribution in [0.2, 0.25) is 0 Å². The highest BCUT2D eigenvalue weighted by Gasteiger charge is 2.19. The highest BCUT2D eigenvalue weighted by molar-refractivity contribution is 5.93. The predicted octanol–water partition coefficient (Wildman–Crippen LogP) is 3.10. The van der Waals surface area contributed by atoms with Gasteiger partial charge in [-0.1, -0.05) is 31.4 Å². The molecular weight excluding hydrogens is 248 g/mol. The first-order valence-electron chi connectivity index (χ1n) is 7.75. The van der Waals surface area contributed by atoms with Crippen LogP contribution in [-0.4, -0.2) is 19.0 Å². The molecule has 20 heavy (non-hydrogen) atoms. The van der Waals surface area contributed by atoms with Crippen molar-refractivity contribution in [3.05, 3.63) is 35.4 Å². The summed E-state index contributed by atoms with van der Waals surface area (Å²) in [5.74, 6) is 0.800. The van der Waals surface area contributed by atoms with Crippen molar-refractivity contribution in [3.63, 3.8) is 0 Å². The topological polar surface area (TPSA) is 41.1 Å². The molecule has 0 heterocycles. The van der Waals surface area contributed by atoms with Crippen LogP contribution in [0, 0.1) is 5.92 Å². The Kier molecular flexibility index (Phi) is 5.60. The molecule has 3 nitrogen and oxygen atoms in total. The Balaban J connectivity index is 1.82. The minimum Gasteiger partial charge on any atom is -0.355 e. The summed E-state index contributed by atoms with van der Waals surface area (Å²) in [6.07, 6.45) is 6.91. The van der Waals surface area contributed by atoms with Gasteiger partial charge < -0.3 is 10.6 Å². The van der Waals surface area contributed by atoms with Crippen LogP contribution in [0.4, 0.5) is 0 Å². The number of carbonyl (C=O) groups is 1. The molecule has 1 fully saturated rings. The molecule has 1 atom stereocenters. The smallest absolute Gasteiger partial charge is 0.251 e. The summed E-state index contributed by atoms with van der Waals surface area (Å²) in [5.41, 5.74) is 1.96. The zero-order valence-corrected chi connectivity index (χ0v) is 12.6. The summed E-state index contributed by atoms with van der Waals surface area (Å²) in [6, 6.07) is 8.42. The second-order valence-electron chi connectivity index (χ2n) is 5.84. The maximum absolute atomic E-state index is 11.5. The van der Waals surface area contributed by atoms with Crippen molar-refractivity contribution in [2.45, 2.75) is 51.6 Å². The van der Waals surface area contributed by atoms with Gasteiger partial charge in [-0.05, 0) is 43.4 Å². The van der Waals surface area contributed by atoms with Gasteiger partial charge in [0.05, 0.1) is 0 Å². The lowest BCUT2D eigenvalue weighted by Crippen LogP contribution is -2.34. The van der Waals surface area contributed by atoms with Gasteiger partial charge in [-0.25, -0.2) is 0 Å². The molecule has 110 valence electrons. The van der Waals surface area contributed by atoms with E-state index >= 15 is 0 Å². The molecule has 1 aromatic carbocycles. The van der Waals surface area contributed by atoms with Gasteiger partial charge in [0, 0.05) is 25.2 Å². The van der Waals surface area contributed by atoms with E-state index in [0.29, 0.717) is 6.04 Å². The number of hydrogen-bond acceptors (Lipinski definition) is 2. The molecule has 0 unspecified atom stereocenters. The van der Waals surface area contributed by atoms with E-state index in [1.54, 1.807) is 7.05 Å². The van der Waals surface area contributed by atoms with Crippen LogP contribution in [0.5, 0.6) is 0 Å². The van der Waals surface area contributed by atoms with E-state index in [9.17, 15) is 4.79 Å². The summed E-state index contributed by atoms with van der Waals surface area (Å²) >= 11 is 0. The molecule has 0 radical (unpaired) electrons. The lowest BCUT2D eigenvalue weighted by Gasteiger charge is -2.28. The van der Waals surface area contributed by atoms with Crippen molar-refractivity contribution < 1.29 is 4.79 Å². The van der Waals surface area contributed by atoms with Gasteiger partial charge in [-0.2, -0.15) is 0 Å². The van der Waals surface area contributed by atoms with Gasteiger partial charge in [0.1, 0.15) is 0 Å². The second kappa shape index (κ2) is 7.44. The molecule has 1 amide bonds. The molecule has 0 bridgehead atoms. The normalized spacial score (nSPS) is 17.7. The van der Waals surface area contributed by atoms with Crippen molar-refractivity contribution in [1.82, 2.24) is 10.6 Å². The highest BCUT2D eigenvalue weighted by atomic mass is 16.1. The Bertz CT molecular complexity index is 421. The molecule has 0 aromatic heterocycles. The first-order chi connectivity index (χ1) is 9.70. The van der Waals surface area contributed by atoms with Crippen LogP contribution in [0.3, 0.4) is 0 Å². The van der Waals surface area contributed by atoms with Crippen LogP contribution in [-0.2, 0) is 6.54 Å². The fourth-order valence-electron chi connectivity index (χ4n) is 3.00. The van der Waals surface area contributed by atoms with E-state index in [1.807, 2.05) is 24.3 Å². The van der Waals surface area contributed by atoms with Crippen molar-refractivity contribution in [2.24, 2.45) is 5.92 Å². The third kappa shape index (κ3) is 4.07. The van der Waals surface area contributed by atoms with Crippen LogP contribution < -0.4 is 10.6 Å². The fraction of sp³-hybridized carbons (Fsp3) is 0.588. The van der Waals surface area contributed by atoms with E-state index < -0.39 is 0 Å². The quantitative estimate of drug-likeness (QED) is 0.866. The van der Waals surface area contributed by atoms with Gasteiger partial charge in [-0.15, -0.1) is 0 Å².